The number of hydrogen-bond acceptors (Lipinski definition) is 7. The Labute approximate surface area is 183 Å². The maximum atomic E-state index is 5.98. The van der Waals surface area contributed by atoms with Crippen LogP contribution in [0.5, 0.6) is 5.88 Å². The Hall–Kier alpha value is -3.19. The monoisotopic (exact) mass is 421 g/mol. The summed E-state index contributed by atoms with van der Waals surface area (Å²) < 4.78 is 11.0. The number of anilines is 1. The summed E-state index contributed by atoms with van der Waals surface area (Å²) in [5.41, 5.74) is 16.5. The quantitative estimate of drug-likeness (QED) is 0.516. The third-order valence-corrected chi connectivity index (χ3v) is 5.45. The molecule has 2 fully saturated rings. The Kier molecular flexibility index (Phi) is 6.62. The molecule has 2 aromatic rings. The normalized spacial score (nSPS) is 17.5. The van der Waals surface area contributed by atoms with Crippen molar-refractivity contribution in [2.24, 2.45) is 11.5 Å². The second-order valence-electron chi connectivity index (χ2n) is 7.85. The van der Waals surface area contributed by atoms with Crippen LogP contribution in [0.2, 0.25) is 0 Å². The van der Waals surface area contributed by atoms with Gasteiger partial charge in [0, 0.05) is 49.6 Å². The zero-order chi connectivity index (χ0) is 21.6. The van der Waals surface area contributed by atoms with Crippen LogP contribution in [0.4, 0.5) is 5.82 Å². The average molecular weight is 422 g/mol. The van der Waals surface area contributed by atoms with Crippen LogP contribution in [0.1, 0.15) is 30.4 Å². The number of ether oxygens (including phenoxy) is 2. The molecule has 0 unspecified atom stereocenters. The maximum Gasteiger partial charge on any atom is 0.223 e. The first-order valence-electron chi connectivity index (χ1n) is 10.9. The number of pyridine rings is 1. The molecule has 7 heteroatoms. The van der Waals surface area contributed by atoms with Crippen molar-refractivity contribution in [1.29, 1.82) is 0 Å². The first kappa shape index (κ1) is 21.1. The Morgan fingerprint density at radius 2 is 1.87 bits per heavy atom. The Morgan fingerprint density at radius 1 is 1.13 bits per heavy atom. The van der Waals surface area contributed by atoms with Gasteiger partial charge in [0.25, 0.3) is 0 Å². The van der Waals surface area contributed by atoms with Gasteiger partial charge < -0.3 is 31.2 Å². The molecule has 0 spiro atoms. The molecule has 3 heterocycles. The highest BCUT2D eigenvalue weighted by Gasteiger charge is 2.21. The van der Waals surface area contributed by atoms with E-state index in [1.807, 2.05) is 6.07 Å². The zero-order valence-electron chi connectivity index (χ0n) is 18.1. The number of allylic oxidation sites excluding steroid dienone is 2. The van der Waals surface area contributed by atoms with E-state index in [0.29, 0.717) is 18.4 Å². The predicted octanol–water partition coefficient (Wildman–Crippen LogP) is 2.97. The molecule has 5 rings (SSSR count). The lowest BCUT2D eigenvalue weighted by molar-refractivity contribution is 0.288. The van der Waals surface area contributed by atoms with E-state index in [1.54, 1.807) is 6.08 Å². The molecule has 164 valence electrons. The third kappa shape index (κ3) is 5.11. The average Bonchev–Trinajstić information content (AvgIpc) is 3.72. The molecule has 0 atom stereocenters. The molecule has 1 saturated carbocycles. The van der Waals surface area contributed by atoms with Gasteiger partial charge in [0.05, 0.1) is 7.11 Å². The van der Waals surface area contributed by atoms with Crippen molar-refractivity contribution in [1.82, 2.24) is 10.3 Å². The van der Waals surface area contributed by atoms with Crippen LogP contribution >= 0.6 is 0 Å². The van der Waals surface area contributed by atoms with Gasteiger partial charge in [0.2, 0.25) is 5.88 Å². The fraction of sp³-hybridized carbons (Fsp3) is 0.375. The second kappa shape index (κ2) is 9.75. The number of fused-ring (bicyclic) bond motifs is 3. The van der Waals surface area contributed by atoms with Crippen LogP contribution < -0.4 is 26.4 Å². The highest BCUT2D eigenvalue weighted by Crippen LogP contribution is 2.38. The van der Waals surface area contributed by atoms with Crippen LogP contribution in [0.15, 0.2) is 48.5 Å². The minimum Gasteiger partial charge on any atom is -0.483 e. The number of nitrogens with two attached hydrogens (primary N) is 2. The lowest BCUT2D eigenvalue weighted by Crippen LogP contribution is -2.43. The number of rotatable bonds is 4. The number of piperazine rings is 1. The summed E-state index contributed by atoms with van der Waals surface area (Å²) in [5.74, 6) is 1.96. The molecule has 2 aliphatic heterocycles. The smallest absolute Gasteiger partial charge is 0.223 e. The van der Waals surface area contributed by atoms with Gasteiger partial charge in [-0.05, 0) is 34.9 Å². The summed E-state index contributed by atoms with van der Waals surface area (Å²) in [6.07, 6.45) is 7.73. The van der Waals surface area contributed by atoms with E-state index >= 15 is 0 Å². The molecule has 0 amide bonds. The minimum atomic E-state index is 0.306. The van der Waals surface area contributed by atoms with Gasteiger partial charge in [-0.15, -0.1) is 0 Å². The van der Waals surface area contributed by atoms with E-state index in [9.17, 15) is 0 Å². The van der Waals surface area contributed by atoms with Crippen molar-refractivity contribution >= 4 is 11.4 Å². The predicted molar refractivity (Wildman–Crippen MR) is 124 cm³/mol. The molecule has 7 nitrogen and oxygen atoms in total. The molecular weight excluding hydrogens is 390 g/mol. The highest BCUT2D eigenvalue weighted by atomic mass is 16.5. The van der Waals surface area contributed by atoms with Crippen molar-refractivity contribution in [3.05, 3.63) is 59.6 Å². The molecule has 0 bridgehead atoms. The maximum absolute atomic E-state index is 5.98. The van der Waals surface area contributed by atoms with Crippen LogP contribution in [-0.2, 0) is 11.3 Å². The number of nitrogens with zero attached hydrogens (tertiary/aromatic N) is 2. The molecule has 0 radical (unpaired) electrons. The van der Waals surface area contributed by atoms with Gasteiger partial charge in [-0.1, -0.05) is 31.4 Å². The summed E-state index contributed by atoms with van der Waals surface area (Å²) >= 11 is 0. The summed E-state index contributed by atoms with van der Waals surface area (Å²) in [4.78, 5) is 7.04. The highest BCUT2D eigenvalue weighted by molar-refractivity contribution is 5.80. The third-order valence-electron chi connectivity index (χ3n) is 5.45. The summed E-state index contributed by atoms with van der Waals surface area (Å²) in [6, 6.07) is 10.3. The van der Waals surface area contributed by atoms with E-state index in [0.717, 1.165) is 59.8 Å². The Morgan fingerprint density at radius 3 is 2.55 bits per heavy atom. The van der Waals surface area contributed by atoms with Crippen molar-refractivity contribution in [2.45, 2.75) is 25.9 Å². The molecule has 1 aliphatic carbocycles. The first-order valence-corrected chi connectivity index (χ1v) is 10.9. The number of benzene rings is 1. The van der Waals surface area contributed by atoms with Crippen molar-refractivity contribution in [3.63, 3.8) is 0 Å². The number of nitrogens with one attached hydrogen (secondary N) is 1. The minimum absolute atomic E-state index is 0.306. The van der Waals surface area contributed by atoms with Gasteiger partial charge in [-0.25, -0.2) is 0 Å². The number of aromatic nitrogens is 1. The second-order valence-corrected chi connectivity index (χ2v) is 7.85. The number of hydrogen-bond donors (Lipinski definition) is 3. The molecule has 5 N–H and O–H groups in total. The van der Waals surface area contributed by atoms with E-state index < -0.39 is 0 Å². The van der Waals surface area contributed by atoms with E-state index in [4.69, 9.17) is 25.9 Å². The lowest BCUT2D eigenvalue weighted by Gasteiger charge is -2.29. The van der Waals surface area contributed by atoms with Gasteiger partial charge in [0.1, 0.15) is 12.4 Å². The van der Waals surface area contributed by atoms with Crippen molar-refractivity contribution in [3.8, 4) is 17.0 Å². The summed E-state index contributed by atoms with van der Waals surface area (Å²) in [7, 11) is 1.53. The van der Waals surface area contributed by atoms with Crippen LogP contribution in [0, 0.1) is 0 Å². The lowest BCUT2D eigenvalue weighted by atomic mass is 9.94. The molecule has 1 aromatic carbocycles. The summed E-state index contributed by atoms with van der Waals surface area (Å²) in [5, 5.41) is 3.36. The van der Waals surface area contributed by atoms with Gasteiger partial charge in [-0.3, -0.25) is 0 Å². The summed E-state index contributed by atoms with van der Waals surface area (Å²) in [6.45, 7) is 4.33. The zero-order valence-corrected chi connectivity index (χ0v) is 18.1. The Balaban J connectivity index is 0.000000710. The van der Waals surface area contributed by atoms with Crippen molar-refractivity contribution < 1.29 is 9.47 Å². The van der Waals surface area contributed by atoms with Crippen LogP contribution in [-0.4, -0.2) is 38.3 Å². The van der Waals surface area contributed by atoms with Gasteiger partial charge in [0.15, 0.2) is 5.88 Å². The topological polar surface area (TPSA) is 98.7 Å². The first-order chi connectivity index (χ1) is 15.2. The molecule has 1 saturated heterocycles. The standard InChI is InChI=1S/C21H25N5O2.C3H6/c1-27-19(23)11-15(12-22)14-2-3-17-16(10-14)13-28-21-18(17)4-5-20(25-21)26-8-6-24-7-9-26;1-2-3-1/h2-5,10-12,24H,6-9,13,22-23H2,1H3;1-3H2/b15-12+,19-11+;. The van der Waals surface area contributed by atoms with Gasteiger partial charge >= 0.3 is 0 Å². The van der Waals surface area contributed by atoms with E-state index in [2.05, 4.69) is 34.5 Å². The molecule has 3 aliphatic rings. The fourth-order valence-corrected chi connectivity index (χ4v) is 3.56. The Bertz CT molecular complexity index is 975. The molecule has 31 heavy (non-hydrogen) atoms. The van der Waals surface area contributed by atoms with Crippen LogP contribution in [0.25, 0.3) is 16.7 Å². The number of methoxy groups -OCH3 is 1. The molecule has 1 aromatic heterocycles. The van der Waals surface area contributed by atoms with Crippen molar-refractivity contribution in [2.75, 3.05) is 38.2 Å². The molecular formula is C24H31N5O2. The SMILES string of the molecule is C1CC1.CO/C(N)=C/C(=C\N)c1ccc2c(c1)COc1nc(N3CCNCC3)ccc1-2. The van der Waals surface area contributed by atoms with E-state index in [-0.39, 0.29) is 0 Å². The van der Waals surface area contributed by atoms with E-state index in [1.165, 1.54) is 32.6 Å². The largest absolute Gasteiger partial charge is 0.483 e. The van der Waals surface area contributed by atoms with Crippen LogP contribution in [0.3, 0.4) is 0 Å². The van der Waals surface area contributed by atoms with Gasteiger partial charge in [-0.2, -0.15) is 4.98 Å². The fourth-order valence-electron chi connectivity index (χ4n) is 3.56.